The van der Waals surface area contributed by atoms with E-state index in [1.54, 1.807) is 31.2 Å². The Labute approximate surface area is 173 Å². The number of benzene rings is 2. The number of halogens is 1. The number of Topliss-reactive ketones (excluding diaryl/α,β-unsaturated/α-hetero) is 1. The van der Waals surface area contributed by atoms with E-state index in [-0.39, 0.29) is 16.9 Å². The van der Waals surface area contributed by atoms with Crippen molar-refractivity contribution < 1.29 is 23.5 Å². The third kappa shape index (κ3) is 3.30. The van der Waals surface area contributed by atoms with Gasteiger partial charge in [-0.1, -0.05) is 6.07 Å². The second kappa shape index (κ2) is 7.30. The van der Waals surface area contributed by atoms with Crippen molar-refractivity contribution in [2.45, 2.75) is 26.8 Å². The Morgan fingerprint density at radius 3 is 2.17 bits per heavy atom. The number of hydrogen-bond donors (Lipinski definition) is 1. The number of aliphatic hydroxyl groups excluding tert-OH is 1. The van der Waals surface area contributed by atoms with Crippen LogP contribution in [0.5, 0.6) is 0 Å². The topological polar surface area (TPSA) is 70.8 Å². The van der Waals surface area contributed by atoms with Crippen LogP contribution in [-0.2, 0) is 9.59 Å². The van der Waals surface area contributed by atoms with Crippen molar-refractivity contribution in [3.63, 3.8) is 0 Å². The molecule has 5 nitrogen and oxygen atoms in total. The molecular weight excluding hydrogens is 385 g/mol. The molecule has 1 amide bonds. The van der Waals surface area contributed by atoms with Crippen LogP contribution in [0, 0.1) is 26.6 Å². The average Bonchev–Trinajstić information content (AvgIpc) is 3.22. The van der Waals surface area contributed by atoms with E-state index in [1.165, 1.54) is 29.2 Å². The number of furan rings is 1. The molecule has 30 heavy (non-hydrogen) atoms. The minimum atomic E-state index is -0.940. The smallest absolute Gasteiger partial charge is 0.300 e. The zero-order chi connectivity index (χ0) is 21.6. The van der Waals surface area contributed by atoms with Crippen LogP contribution >= 0.6 is 0 Å². The molecule has 1 unspecified atom stereocenters. The molecule has 2 heterocycles. The Balaban J connectivity index is 1.95. The molecule has 0 saturated carbocycles. The van der Waals surface area contributed by atoms with Crippen molar-refractivity contribution >= 4 is 23.1 Å². The maximum Gasteiger partial charge on any atom is 0.300 e. The molecule has 4 rings (SSSR count). The second-order valence-electron chi connectivity index (χ2n) is 7.47. The fourth-order valence-corrected chi connectivity index (χ4v) is 3.82. The van der Waals surface area contributed by atoms with Gasteiger partial charge in [0.2, 0.25) is 0 Å². The van der Waals surface area contributed by atoms with Gasteiger partial charge in [0.05, 0.1) is 5.57 Å². The quantitative estimate of drug-likeness (QED) is 0.379. The van der Waals surface area contributed by atoms with Gasteiger partial charge in [-0.3, -0.25) is 14.5 Å². The minimum absolute atomic E-state index is 0.0971. The summed E-state index contributed by atoms with van der Waals surface area (Å²) in [5.74, 6) is -1.47. The van der Waals surface area contributed by atoms with E-state index in [9.17, 15) is 19.1 Å². The first kappa shape index (κ1) is 19.6. The molecule has 1 N–H and O–H groups in total. The van der Waals surface area contributed by atoms with E-state index < -0.39 is 23.5 Å². The summed E-state index contributed by atoms with van der Waals surface area (Å²) >= 11 is 0. The summed E-state index contributed by atoms with van der Waals surface area (Å²) in [6.07, 6.45) is 0. The second-order valence-corrected chi connectivity index (χ2v) is 7.47. The molecule has 3 aromatic rings. The Morgan fingerprint density at radius 1 is 0.967 bits per heavy atom. The number of carbonyl (C=O) groups is 2. The molecular formula is C24H20FNO4. The minimum Gasteiger partial charge on any atom is -0.507 e. The average molecular weight is 405 g/mol. The summed E-state index contributed by atoms with van der Waals surface area (Å²) in [4.78, 5) is 27.4. The molecule has 0 radical (unpaired) electrons. The molecule has 1 aromatic heterocycles. The zero-order valence-corrected chi connectivity index (χ0v) is 16.8. The Morgan fingerprint density at radius 2 is 1.60 bits per heavy atom. The van der Waals surface area contributed by atoms with Gasteiger partial charge < -0.3 is 9.52 Å². The normalized spacial score (nSPS) is 18.3. The highest BCUT2D eigenvalue weighted by atomic mass is 19.1. The number of hydrogen-bond acceptors (Lipinski definition) is 4. The first-order valence-corrected chi connectivity index (χ1v) is 9.48. The maximum atomic E-state index is 13.3. The summed E-state index contributed by atoms with van der Waals surface area (Å²) in [6.45, 7) is 5.56. The van der Waals surface area contributed by atoms with Crippen LogP contribution in [0.15, 0.2) is 64.6 Å². The molecule has 1 fully saturated rings. The van der Waals surface area contributed by atoms with Crippen molar-refractivity contribution in [2.75, 3.05) is 4.90 Å². The van der Waals surface area contributed by atoms with Gasteiger partial charge in [-0.05, 0) is 80.4 Å². The van der Waals surface area contributed by atoms with Crippen molar-refractivity contribution in [3.05, 3.63) is 94.2 Å². The number of carbonyl (C=O) groups excluding carboxylic acids is 2. The van der Waals surface area contributed by atoms with Gasteiger partial charge in [-0.25, -0.2) is 4.39 Å². The van der Waals surface area contributed by atoms with Gasteiger partial charge in [0.15, 0.2) is 0 Å². The summed E-state index contributed by atoms with van der Waals surface area (Å²) in [5, 5.41) is 10.9. The Hall–Kier alpha value is -3.67. The number of nitrogens with zero attached hydrogens (tertiary/aromatic N) is 1. The molecule has 0 aliphatic carbocycles. The Bertz CT molecular complexity index is 1170. The summed E-state index contributed by atoms with van der Waals surface area (Å²) < 4.78 is 19.1. The van der Waals surface area contributed by atoms with Crippen molar-refractivity contribution in [3.8, 4) is 0 Å². The molecule has 1 aliphatic rings. The SMILES string of the molecule is Cc1cc(C)cc(N2C(=O)C(=O)/C(=C(\O)c3ccc(F)cc3)C2c2ccc(C)o2)c1. The van der Waals surface area contributed by atoms with Crippen LogP contribution < -0.4 is 4.90 Å². The predicted octanol–water partition coefficient (Wildman–Crippen LogP) is 4.97. The largest absolute Gasteiger partial charge is 0.507 e. The molecule has 2 aromatic carbocycles. The molecule has 6 heteroatoms. The van der Waals surface area contributed by atoms with Crippen molar-refractivity contribution in [2.24, 2.45) is 0 Å². The van der Waals surface area contributed by atoms with Gasteiger partial charge >= 0.3 is 0 Å². The van der Waals surface area contributed by atoms with E-state index in [4.69, 9.17) is 4.42 Å². The highest BCUT2D eigenvalue weighted by Gasteiger charge is 2.48. The lowest BCUT2D eigenvalue weighted by molar-refractivity contribution is -0.132. The lowest BCUT2D eigenvalue weighted by Crippen LogP contribution is -2.29. The molecule has 0 bridgehead atoms. The molecule has 1 saturated heterocycles. The Kier molecular flexibility index (Phi) is 4.78. The van der Waals surface area contributed by atoms with Crippen LogP contribution in [0.1, 0.15) is 34.3 Å². The van der Waals surface area contributed by atoms with Gasteiger partial charge in [-0.15, -0.1) is 0 Å². The van der Waals surface area contributed by atoms with Gasteiger partial charge in [0, 0.05) is 11.3 Å². The highest BCUT2D eigenvalue weighted by molar-refractivity contribution is 6.51. The van der Waals surface area contributed by atoms with Gasteiger partial charge in [-0.2, -0.15) is 0 Å². The first-order chi connectivity index (χ1) is 14.3. The van der Waals surface area contributed by atoms with Crippen LogP contribution in [0.3, 0.4) is 0 Å². The molecule has 0 spiro atoms. The van der Waals surface area contributed by atoms with Gasteiger partial charge in [0.1, 0.15) is 29.1 Å². The van der Waals surface area contributed by atoms with Crippen molar-refractivity contribution in [1.82, 2.24) is 0 Å². The predicted molar refractivity (Wildman–Crippen MR) is 111 cm³/mol. The van der Waals surface area contributed by atoms with Crippen LogP contribution in [0.4, 0.5) is 10.1 Å². The van der Waals surface area contributed by atoms with Crippen LogP contribution in [-0.4, -0.2) is 16.8 Å². The number of aryl methyl sites for hydroxylation is 3. The number of rotatable bonds is 3. The van der Waals surface area contributed by atoms with E-state index in [0.29, 0.717) is 17.2 Å². The molecule has 152 valence electrons. The lowest BCUT2D eigenvalue weighted by Gasteiger charge is -2.24. The summed E-state index contributed by atoms with van der Waals surface area (Å²) in [5.41, 5.74) is 2.54. The third-order valence-electron chi connectivity index (χ3n) is 5.08. The standard InChI is InChI=1S/C24H20FNO4/c1-13-10-14(2)12-18(11-13)26-21(19-9-4-15(3)30-19)20(23(28)24(26)29)22(27)16-5-7-17(25)8-6-16/h4-12,21,27H,1-3H3/b22-20-. The molecule has 1 aliphatic heterocycles. The maximum absolute atomic E-state index is 13.3. The van der Waals surface area contributed by atoms with Crippen LogP contribution in [0.25, 0.3) is 5.76 Å². The number of anilines is 1. The number of amides is 1. The fourth-order valence-electron chi connectivity index (χ4n) is 3.82. The van der Waals surface area contributed by atoms with E-state index in [0.717, 1.165) is 11.1 Å². The monoisotopic (exact) mass is 405 g/mol. The third-order valence-corrected chi connectivity index (χ3v) is 5.08. The van der Waals surface area contributed by atoms with E-state index in [2.05, 4.69) is 0 Å². The first-order valence-electron chi connectivity index (χ1n) is 9.48. The lowest BCUT2D eigenvalue weighted by atomic mass is 9.99. The number of aliphatic hydroxyl groups is 1. The van der Waals surface area contributed by atoms with Crippen LogP contribution in [0.2, 0.25) is 0 Å². The fraction of sp³-hybridized carbons (Fsp3) is 0.167. The van der Waals surface area contributed by atoms with E-state index >= 15 is 0 Å². The summed E-state index contributed by atoms with van der Waals surface area (Å²) in [6, 6.07) is 13.1. The zero-order valence-electron chi connectivity index (χ0n) is 16.8. The van der Waals surface area contributed by atoms with Gasteiger partial charge in [0.25, 0.3) is 11.7 Å². The highest BCUT2D eigenvalue weighted by Crippen LogP contribution is 2.43. The van der Waals surface area contributed by atoms with E-state index in [1.807, 2.05) is 19.9 Å². The number of ketones is 1. The van der Waals surface area contributed by atoms with Crippen molar-refractivity contribution in [1.29, 1.82) is 0 Å². The summed E-state index contributed by atoms with van der Waals surface area (Å²) in [7, 11) is 0. The molecule has 1 atom stereocenters.